The van der Waals surface area contributed by atoms with Gasteiger partial charge in [0.1, 0.15) is 0 Å². The Morgan fingerprint density at radius 2 is 2.36 bits per heavy atom. The van der Waals surface area contributed by atoms with E-state index in [1.165, 1.54) is 12.0 Å². The first-order chi connectivity index (χ1) is 5.33. The highest BCUT2D eigenvalue weighted by Crippen LogP contribution is 2.04. The normalized spacial score (nSPS) is 27.1. The Bertz CT molecular complexity index is 134. The maximum atomic E-state index is 3.48. The maximum Gasteiger partial charge on any atom is 0.0230 e. The molecule has 2 nitrogen and oxygen atoms in total. The first kappa shape index (κ1) is 8.75. The van der Waals surface area contributed by atoms with Gasteiger partial charge in [0.15, 0.2) is 0 Å². The minimum Gasteiger partial charge on any atom is -0.314 e. The molecular weight excluding hydrogens is 136 g/mol. The van der Waals surface area contributed by atoms with Gasteiger partial charge in [0.2, 0.25) is 0 Å². The van der Waals surface area contributed by atoms with E-state index in [4.69, 9.17) is 0 Å². The van der Waals surface area contributed by atoms with Crippen LogP contribution in [0.5, 0.6) is 0 Å². The van der Waals surface area contributed by atoms with Gasteiger partial charge < -0.3 is 10.6 Å². The highest BCUT2D eigenvalue weighted by atomic mass is 15.0. The fourth-order valence-corrected chi connectivity index (χ4v) is 1.36. The number of rotatable bonds is 2. The van der Waals surface area contributed by atoms with Gasteiger partial charge in [0.25, 0.3) is 0 Å². The third-order valence-electron chi connectivity index (χ3n) is 2.19. The summed E-state index contributed by atoms with van der Waals surface area (Å²) in [7, 11) is 0. The molecule has 64 valence electrons. The molecule has 1 atom stereocenters. The summed E-state index contributed by atoms with van der Waals surface area (Å²) in [5, 5.41) is 6.86. The lowest BCUT2D eigenvalue weighted by atomic mass is 10.1. The molecule has 1 aliphatic rings. The van der Waals surface area contributed by atoms with E-state index in [0.717, 1.165) is 19.6 Å². The van der Waals surface area contributed by atoms with Crippen LogP contribution in [-0.4, -0.2) is 25.7 Å². The van der Waals surface area contributed by atoms with Crippen molar-refractivity contribution < 1.29 is 0 Å². The molecule has 2 N–H and O–H groups in total. The fourth-order valence-electron chi connectivity index (χ4n) is 1.36. The van der Waals surface area contributed by atoms with E-state index in [1.54, 1.807) is 0 Å². The number of nitrogens with one attached hydrogen (secondary N) is 2. The summed E-state index contributed by atoms with van der Waals surface area (Å²) < 4.78 is 0. The molecule has 1 aliphatic heterocycles. The molecule has 0 aromatic carbocycles. The van der Waals surface area contributed by atoms with E-state index in [9.17, 15) is 0 Å². The molecule has 0 saturated carbocycles. The molecule has 0 aromatic rings. The van der Waals surface area contributed by atoms with Crippen LogP contribution >= 0.6 is 0 Å². The standard InChI is InChI=1S/C9H18N2/c1-3-8(2)6-9-7-10-4-5-11-9/h3,9-11H,4-7H2,1-2H3/b8-3+/t9-/m1/s1. The van der Waals surface area contributed by atoms with Gasteiger partial charge in [-0.25, -0.2) is 0 Å². The molecule has 1 fully saturated rings. The minimum absolute atomic E-state index is 0.653. The molecule has 0 spiro atoms. The molecule has 0 unspecified atom stereocenters. The summed E-state index contributed by atoms with van der Waals surface area (Å²) in [6, 6.07) is 0.653. The Hall–Kier alpha value is -0.340. The molecule has 0 radical (unpaired) electrons. The SMILES string of the molecule is C/C=C(\C)C[C@@H]1CNCCN1. The van der Waals surface area contributed by atoms with Crippen LogP contribution in [0.4, 0.5) is 0 Å². The van der Waals surface area contributed by atoms with Crippen LogP contribution in [0, 0.1) is 0 Å². The molecule has 2 heteroatoms. The zero-order chi connectivity index (χ0) is 8.10. The quantitative estimate of drug-likeness (QED) is 0.578. The lowest BCUT2D eigenvalue weighted by Gasteiger charge is -2.24. The van der Waals surface area contributed by atoms with E-state index >= 15 is 0 Å². The van der Waals surface area contributed by atoms with Crippen LogP contribution in [0.15, 0.2) is 11.6 Å². The highest BCUT2D eigenvalue weighted by molar-refractivity contribution is 4.99. The molecule has 0 aromatic heterocycles. The smallest absolute Gasteiger partial charge is 0.0230 e. The molecule has 0 amide bonds. The van der Waals surface area contributed by atoms with Crippen LogP contribution in [0.1, 0.15) is 20.3 Å². The molecular formula is C9H18N2. The van der Waals surface area contributed by atoms with Crippen molar-refractivity contribution in [2.45, 2.75) is 26.3 Å². The molecule has 1 rings (SSSR count). The average Bonchev–Trinajstić information content (AvgIpc) is 2.06. The zero-order valence-corrected chi connectivity index (χ0v) is 7.48. The second-order valence-electron chi connectivity index (χ2n) is 3.19. The summed E-state index contributed by atoms with van der Waals surface area (Å²) in [5.74, 6) is 0. The van der Waals surface area contributed by atoms with E-state index in [2.05, 4.69) is 30.6 Å². The van der Waals surface area contributed by atoms with Gasteiger partial charge in [-0.1, -0.05) is 11.6 Å². The summed E-state index contributed by atoms with van der Waals surface area (Å²) in [4.78, 5) is 0. The highest BCUT2D eigenvalue weighted by Gasteiger charge is 2.10. The fraction of sp³-hybridized carbons (Fsp3) is 0.778. The number of hydrogen-bond acceptors (Lipinski definition) is 2. The van der Waals surface area contributed by atoms with Crippen molar-refractivity contribution in [3.8, 4) is 0 Å². The number of piperazine rings is 1. The first-order valence-corrected chi connectivity index (χ1v) is 4.39. The van der Waals surface area contributed by atoms with Crippen LogP contribution in [0.25, 0.3) is 0 Å². The minimum atomic E-state index is 0.653. The van der Waals surface area contributed by atoms with Gasteiger partial charge in [-0.3, -0.25) is 0 Å². The zero-order valence-electron chi connectivity index (χ0n) is 7.48. The predicted octanol–water partition coefficient (Wildman–Crippen LogP) is 0.904. The van der Waals surface area contributed by atoms with Crippen molar-refractivity contribution in [3.63, 3.8) is 0 Å². The van der Waals surface area contributed by atoms with Gasteiger partial charge in [-0.15, -0.1) is 0 Å². The van der Waals surface area contributed by atoms with Crippen LogP contribution in [0.2, 0.25) is 0 Å². The van der Waals surface area contributed by atoms with Crippen molar-refractivity contribution >= 4 is 0 Å². The second kappa shape index (κ2) is 4.52. The Morgan fingerprint density at radius 3 is 2.91 bits per heavy atom. The average molecular weight is 154 g/mol. The van der Waals surface area contributed by atoms with Gasteiger partial charge in [0.05, 0.1) is 0 Å². The molecule has 11 heavy (non-hydrogen) atoms. The predicted molar refractivity (Wildman–Crippen MR) is 48.7 cm³/mol. The van der Waals surface area contributed by atoms with Crippen molar-refractivity contribution in [1.29, 1.82) is 0 Å². The van der Waals surface area contributed by atoms with Crippen molar-refractivity contribution in [2.24, 2.45) is 0 Å². The topological polar surface area (TPSA) is 24.1 Å². The molecule has 1 saturated heterocycles. The summed E-state index contributed by atoms with van der Waals surface area (Å²) in [5.41, 5.74) is 1.48. The molecule has 0 bridgehead atoms. The van der Waals surface area contributed by atoms with Gasteiger partial charge in [-0.05, 0) is 20.3 Å². The Morgan fingerprint density at radius 1 is 1.55 bits per heavy atom. The van der Waals surface area contributed by atoms with Gasteiger partial charge in [0, 0.05) is 25.7 Å². The third-order valence-corrected chi connectivity index (χ3v) is 2.19. The van der Waals surface area contributed by atoms with Crippen LogP contribution < -0.4 is 10.6 Å². The van der Waals surface area contributed by atoms with E-state index < -0.39 is 0 Å². The first-order valence-electron chi connectivity index (χ1n) is 4.39. The second-order valence-corrected chi connectivity index (χ2v) is 3.19. The summed E-state index contributed by atoms with van der Waals surface area (Å²) in [6.07, 6.45) is 3.37. The summed E-state index contributed by atoms with van der Waals surface area (Å²) >= 11 is 0. The van der Waals surface area contributed by atoms with E-state index in [-0.39, 0.29) is 0 Å². The Kier molecular flexibility index (Phi) is 3.60. The van der Waals surface area contributed by atoms with Crippen molar-refractivity contribution in [3.05, 3.63) is 11.6 Å². The van der Waals surface area contributed by atoms with Crippen molar-refractivity contribution in [2.75, 3.05) is 19.6 Å². The number of hydrogen-bond donors (Lipinski definition) is 2. The van der Waals surface area contributed by atoms with E-state index in [0.29, 0.717) is 6.04 Å². The lowest BCUT2D eigenvalue weighted by molar-refractivity contribution is 0.416. The van der Waals surface area contributed by atoms with Gasteiger partial charge in [-0.2, -0.15) is 0 Å². The molecule has 0 aliphatic carbocycles. The maximum absolute atomic E-state index is 3.48. The molecule has 1 heterocycles. The van der Waals surface area contributed by atoms with Gasteiger partial charge >= 0.3 is 0 Å². The van der Waals surface area contributed by atoms with Crippen molar-refractivity contribution in [1.82, 2.24) is 10.6 Å². The van der Waals surface area contributed by atoms with Crippen LogP contribution in [-0.2, 0) is 0 Å². The van der Waals surface area contributed by atoms with Crippen LogP contribution in [0.3, 0.4) is 0 Å². The number of allylic oxidation sites excluding steroid dienone is 1. The Labute approximate surface area is 69.1 Å². The lowest BCUT2D eigenvalue weighted by Crippen LogP contribution is -2.48. The monoisotopic (exact) mass is 154 g/mol. The van der Waals surface area contributed by atoms with E-state index in [1.807, 2.05) is 0 Å². The largest absolute Gasteiger partial charge is 0.314 e. The summed E-state index contributed by atoms with van der Waals surface area (Å²) in [6.45, 7) is 7.64. The Balaban J connectivity index is 2.24. The third kappa shape index (κ3) is 3.04.